The van der Waals surface area contributed by atoms with Crippen LogP contribution in [0, 0.1) is 5.92 Å². The number of carboxylic acids is 1. The van der Waals surface area contributed by atoms with Crippen LogP contribution in [0.3, 0.4) is 0 Å². The maximum atomic E-state index is 11.6. The third-order valence-corrected chi connectivity index (χ3v) is 2.55. The van der Waals surface area contributed by atoms with E-state index < -0.39 is 5.97 Å². The standard InChI is InChI=1S/C12H20N4O4/c1-9(5-11(17)18)6-13-12(19)15-10-7-14-16(8-10)3-4-20-2/h7-9H,3-6H2,1-2H3,(H,17,18)(H2,13,15,19). The minimum atomic E-state index is -0.876. The molecule has 0 aliphatic heterocycles. The zero-order chi connectivity index (χ0) is 15.0. The molecule has 0 aliphatic carbocycles. The highest BCUT2D eigenvalue weighted by molar-refractivity contribution is 5.88. The highest BCUT2D eigenvalue weighted by Crippen LogP contribution is 2.05. The van der Waals surface area contributed by atoms with Crippen molar-refractivity contribution < 1.29 is 19.4 Å². The van der Waals surface area contributed by atoms with Gasteiger partial charge < -0.3 is 20.5 Å². The number of hydrogen-bond donors (Lipinski definition) is 3. The van der Waals surface area contributed by atoms with Crippen LogP contribution in [0.15, 0.2) is 12.4 Å². The molecular weight excluding hydrogens is 264 g/mol. The number of urea groups is 1. The highest BCUT2D eigenvalue weighted by atomic mass is 16.5. The monoisotopic (exact) mass is 284 g/mol. The SMILES string of the molecule is COCCn1cc(NC(=O)NCC(C)CC(=O)O)cn1. The summed E-state index contributed by atoms with van der Waals surface area (Å²) in [4.78, 5) is 22.1. The van der Waals surface area contributed by atoms with Gasteiger partial charge in [0.15, 0.2) is 0 Å². The number of carbonyl (C=O) groups is 2. The van der Waals surface area contributed by atoms with Crippen LogP contribution in [0.2, 0.25) is 0 Å². The summed E-state index contributed by atoms with van der Waals surface area (Å²) in [5.41, 5.74) is 0.574. The van der Waals surface area contributed by atoms with E-state index in [1.165, 1.54) is 6.20 Å². The Morgan fingerprint density at radius 3 is 2.95 bits per heavy atom. The van der Waals surface area contributed by atoms with Gasteiger partial charge in [-0.05, 0) is 5.92 Å². The van der Waals surface area contributed by atoms with Gasteiger partial charge in [-0.25, -0.2) is 4.79 Å². The zero-order valence-electron chi connectivity index (χ0n) is 11.6. The van der Waals surface area contributed by atoms with Crippen LogP contribution in [-0.2, 0) is 16.1 Å². The molecule has 1 aromatic heterocycles. The number of methoxy groups -OCH3 is 1. The van der Waals surface area contributed by atoms with Crippen LogP contribution < -0.4 is 10.6 Å². The average molecular weight is 284 g/mol. The first-order valence-electron chi connectivity index (χ1n) is 6.29. The maximum Gasteiger partial charge on any atom is 0.319 e. The summed E-state index contributed by atoms with van der Waals surface area (Å²) in [5.74, 6) is -0.998. The molecule has 1 heterocycles. The van der Waals surface area contributed by atoms with E-state index >= 15 is 0 Å². The van der Waals surface area contributed by atoms with Crippen molar-refractivity contribution in [2.24, 2.45) is 5.92 Å². The van der Waals surface area contributed by atoms with Crippen molar-refractivity contribution in [3.05, 3.63) is 12.4 Å². The van der Waals surface area contributed by atoms with Gasteiger partial charge in [-0.3, -0.25) is 9.48 Å². The van der Waals surface area contributed by atoms with Gasteiger partial charge in [0.1, 0.15) is 0 Å². The van der Waals surface area contributed by atoms with Crippen molar-refractivity contribution in [2.75, 3.05) is 25.6 Å². The lowest BCUT2D eigenvalue weighted by Crippen LogP contribution is -2.32. The van der Waals surface area contributed by atoms with Crippen LogP contribution in [0.25, 0.3) is 0 Å². The van der Waals surface area contributed by atoms with E-state index in [1.807, 2.05) is 0 Å². The van der Waals surface area contributed by atoms with E-state index in [1.54, 1.807) is 24.9 Å². The van der Waals surface area contributed by atoms with Crippen LogP contribution in [0.4, 0.5) is 10.5 Å². The Balaban J connectivity index is 2.31. The number of aromatic nitrogens is 2. The smallest absolute Gasteiger partial charge is 0.319 e. The molecule has 8 heteroatoms. The zero-order valence-corrected chi connectivity index (χ0v) is 11.6. The number of anilines is 1. The fourth-order valence-electron chi connectivity index (χ4n) is 1.55. The minimum Gasteiger partial charge on any atom is -0.481 e. The second-order valence-electron chi connectivity index (χ2n) is 4.52. The van der Waals surface area contributed by atoms with Crippen molar-refractivity contribution in [3.8, 4) is 0 Å². The second kappa shape index (κ2) is 8.16. The number of carbonyl (C=O) groups excluding carboxylic acids is 1. The molecule has 0 saturated heterocycles. The van der Waals surface area contributed by atoms with E-state index in [-0.39, 0.29) is 18.4 Å². The van der Waals surface area contributed by atoms with Gasteiger partial charge in [-0.2, -0.15) is 5.10 Å². The van der Waals surface area contributed by atoms with Crippen LogP contribution >= 0.6 is 0 Å². The molecule has 1 rings (SSSR count). The Bertz CT molecular complexity index is 446. The number of ether oxygens (including phenoxy) is 1. The Morgan fingerprint density at radius 1 is 1.55 bits per heavy atom. The molecule has 3 N–H and O–H groups in total. The molecule has 0 bridgehead atoms. The topological polar surface area (TPSA) is 105 Å². The molecule has 0 aromatic carbocycles. The van der Waals surface area contributed by atoms with Gasteiger partial charge in [0.05, 0.1) is 25.0 Å². The van der Waals surface area contributed by atoms with E-state index in [0.29, 0.717) is 25.4 Å². The minimum absolute atomic E-state index is 0.0230. The lowest BCUT2D eigenvalue weighted by molar-refractivity contribution is -0.137. The van der Waals surface area contributed by atoms with Gasteiger partial charge in [-0.1, -0.05) is 6.92 Å². The van der Waals surface area contributed by atoms with Crippen molar-refractivity contribution in [3.63, 3.8) is 0 Å². The number of nitrogens with one attached hydrogen (secondary N) is 2. The number of aliphatic carboxylic acids is 1. The molecule has 2 amide bonds. The first-order chi connectivity index (χ1) is 9.51. The fraction of sp³-hybridized carbons (Fsp3) is 0.583. The molecule has 1 unspecified atom stereocenters. The Kier molecular flexibility index (Phi) is 6.51. The van der Waals surface area contributed by atoms with Gasteiger partial charge >= 0.3 is 12.0 Å². The molecule has 1 aromatic rings. The molecule has 112 valence electrons. The molecule has 0 saturated carbocycles. The number of rotatable bonds is 8. The molecule has 0 spiro atoms. The van der Waals surface area contributed by atoms with Crippen molar-refractivity contribution in [2.45, 2.75) is 19.9 Å². The van der Waals surface area contributed by atoms with Gasteiger partial charge in [0, 0.05) is 26.3 Å². The van der Waals surface area contributed by atoms with E-state index in [4.69, 9.17) is 9.84 Å². The Morgan fingerprint density at radius 2 is 2.30 bits per heavy atom. The first kappa shape index (κ1) is 16.0. The lowest BCUT2D eigenvalue weighted by atomic mass is 10.1. The third kappa shape index (κ3) is 6.19. The van der Waals surface area contributed by atoms with Crippen LogP contribution in [0.5, 0.6) is 0 Å². The van der Waals surface area contributed by atoms with E-state index in [2.05, 4.69) is 15.7 Å². The van der Waals surface area contributed by atoms with Gasteiger partial charge in [-0.15, -0.1) is 0 Å². The predicted molar refractivity (Wildman–Crippen MR) is 72.5 cm³/mol. The number of amides is 2. The fourth-order valence-corrected chi connectivity index (χ4v) is 1.55. The summed E-state index contributed by atoms with van der Waals surface area (Å²) < 4.78 is 6.58. The Hall–Kier alpha value is -2.09. The van der Waals surface area contributed by atoms with Gasteiger partial charge in [0.2, 0.25) is 0 Å². The highest BCUT2D eigenvalue weighted by Gasteiger charge is 2.10. The van der Waals surface area contributed by atoms with Crippen LogP contribution in [-0.4, -0.2) is 47.1 Å². The largest absolute Gasteiger partial charge is 0.481 e. The summed E-state index contributed by atoms with van der Waals surface area (Å²) >= 11 is 0. The summed E-state index contributed by atoms with van der Waals surface area (Å²) in [6.07, 6.45) is 3.25. The molecule has 1 atom stereocenters. The van der Waals surface area contributed by atoms with Crippen molar-refractivity contribution >= 4 is 17.7 Å². The normalized spacial score (nSPS) is 11.9. The maximum absolute atomic E-state index is 11.6. The molecule has 0 aliphatic rings. The number of carboxylic acid groups (broad SMARTS) is 1. The molecule has 8 nitrogen and oxygen atoms in total. The quantitative estimate of drug-likeness (QED) is 0.653. The molecule has 20 heavy (non-hydrogen) atoms. The molecule has 0 radical (unpaired) electrons. The predicted octanol–water partition coefficient (Wildman–Crippen LogP) is 0.762. The molecule has 0 fully saturated rings. The van der Waals surface area contributed by atoms with Gasteiger partial charge in [0.25, 0.3) is 0 Å². The number of nitrogens with zero attached hydrogens (tertiary/aromatic N) is 2. The summed E-state index contributed by atoms with van der Waals surface area (Å²) in [6, 6.07) is -0.381. The number of hydrogen-bond acceptors (Lipinski definition) is 4. The summed E-state index contributed by atoms with van der Waals surface area (Å²) in [6.45, 7) is 3.21. The summed E-state index contributed by atoms with van der Waals surface area (Å²) in [7, 11) is 1.61. The first-order valence-corrected chi connectivity index (χ1v) is 6.29. The van der Waals surface area contributed by atoms with Crippen molar-refractivity contribution in [1.29, 1.82) is 0 Å². The third-order valence-electron chi connectivity index (χ3n) is 2.55. The van der Waals surface area contributed by atoms with E-state index in [9.17, 15) is 9.59 Å². The van der Waals surface area contributed by atoms with Crippen molar-refractivity contribution in [1.82, 2.24) is 15.1 Å². The second-order valence-corrected chi connectivity index (χ2v) is 4.52. The Labute approximate surface area is 117 Å². The summed E-state index contributed by atoms with van der Waals surface area (Å²) in [5, 5.41) is 17.9. The molecular formula is C12H20N4O4. The van der Waals surface area contributed by atoms with E-state index in [0.717, 1.165) is 0 Å². The van der Waals surface area contributed by atoms with Crippen LogP contribution in [0.1, 0.15) is 13.3 Å². The average Bonchev–Trinajstić information content (AvgIpc) is 2.80. The lowest BCUT2D eigenvalue weighted by Gasteiger charge is -2.10.